The van der Waals surface area contributed by atoms with Crippen molar-refractivity contribution in [2.75, 3.05) is 32.3 Å². The molecule has 32 heavy (non-hydrogen) atoms. The fourth-order valence-electron chi connectivity index (χ4n) is 4.17. The molecule has 0 radical (unpaired) electrons. The number of fused-ring (bicyclic) bond motifs is 1. The lowest BCUT2D eigenvalue weighted by Crippen LogP contribution is -2.42. The fraction of sp³-hybridized carbons (Fsp3) is 0.409. The van der Waals surface area contributed by atoms with Gasteiger partial charge in [0.25, 0.3) is 5.91 Å². The maximum Gasteiger partial charge on any atom is 0.255 e. The van der Waals surface area contributed by atoms with Gasteiger partial charge in [0.05, 0.1) is 17.8 Å². The van der Waals surface area contributed by atoms with Crippen LogP contribution in [0.4, 0.5) is 5.69 Å². The third kappa shape index (κ3) is 4.37. The molecular weight excluding hydrogens is 456 g/mol. The number of sulfonamides is 1. The van der Waals surface area contributed by atoms with E-state index in [1.54, 1.807) is 12.1 Å². The van der Waals surface area contributed by atoms with Crippen molar-refractivity contribution in [1.29, 1.82) is 0 Å². The Morgan fingerprint density at radius 1 is 1.12 bits per heavy atom. The minimum Gasteiger partial charge on any atom is -0.495 e. The molecule has 1 amide bonds. The molecule has 0 saturated carbocycles. The quantitative estimate of drug-likeness (QED) is 0.695. The second kappa shape index (κ2) is 8.80. The van der Waals surface area contributed by atoms with E-state index in [9.17, 15) is 13.2 Å². The predicted octanol–water partition coefficient (Wildman–Crippen LogP) is 4.00. The van der Waals surface area contributed by atoms with Crippen molar-refractivity contribution in [2.45, 2.75) is 25.2 Å². The van der Waals surface area contributed by atoms with Crippen LogP contribution in [0.25, 0.3) is 0 Å². The molecule has 172 valence electrons. The normalized spacial score (nSPS) is 20.8. The van der Waals surface area contributed by atoms with Crippen LogP contribution in [0.5, 0.6) is 17.2 Å². The number of ether oxygens (including phenoxy) is 3. The Bertz CT molecular complexity index is 1140. The molecule has 2 unspecified atom stereocenters. The number of hydrogen-bond acceptors (Lipinski definition) is 6. The van der Waals surface area contributed by atoms with Gasteiger partial charge in [0.2, 0.25) is 16.8 Å². The monoisotopic (exact) mass is 480 g/mol. The molecule has 10 heteroatoms. The van der Waals surface area contributed by atoms with E-state index in [2.05, 4.69) is 5.32 Å². The molecule has 8 nitrogen and oxygen atoms in total. The van der Waals surface area contributed by atoms with Gasteiger partial charge in [0.1, 0.15) is 10.6 Å². The molecule has 2 aromatic rings. The molecule has 0 aliphatic carbocycles. The summed E-state index contributed by atoms with van der Waals surface area (Å²) in [6, 6.07) is 7.46. The van der Waals surface area contributed by atoms with Gasteiger partial charge in [-0.1, -0.05) is 25.4 Å². The molecule has 1 N–H and O–H groups in total. The lowest BCUT2D eigenvalue weighted by molar-refractivity contribution is 0.102. The summed E-state index contributed by atoms with van der Waals surface area (Å²) in [7, 11) is -2.45. The third-order valence-corrected chi connectivity index (χ3v) is 7.75. The summed E-state index contributed by atoms with van der Waals surface area (Å²) in [5, 5.41) is 2.99. The van der Waals surface area contributed by atoms with Gasteiger partial charge in [-0.15, -0.1) is 0 Å². The van der Waals surface area contributed by atoms with E-state index < -0.39 is 15.9 Å². The fourth-order valence-corrected chi connectivity index (χ4v) is 6.23. The number of anilines is 1. The highest BCUT2D eigenvalue weighted by Crippen LogP contribution is 2.39. The van der Waals surface area contributed by atoms with Crippen LogP contribution in [-0.4, -0.2) is 45.6 Å². The Balaban J connectivity index is 1.64. The molecule has 0 bridgehead atoms. The number of rotatable bonds is 5. The van der Waals surface area contributed by atoms with E-state index in [0.29, 0.717) is 30.3 Å². The summed E-state index contributed by atoms with van der Waals surface area (Å²) < 4.78 is 44.3. The molecular formula is C22H25ClN2O6S. The Morgan fingerprint density at radius 2 is 1.78 bits per heavy atom. The van der Waals surface area contributed by atoms with Crippen LogP contribution in [0.1, 0.15) is 30.6 Å². The first-order chi connectivity index (χ1) is 15.2. The van der Waals surface area contributed by atoms with Crippen LogP contribution >= 0.6 is 11.6 Å². The molecule has 2 heterocycles. The van der Waals surface area contributed by atoms with Crippen molar-refractivity contribution in [3.63, 3.8) is 0 Å². The SMILES string of the molecule is COc1ccc(C(=O)Nc2cc3c(cc2Cl)OCO3)cc1S(=O)(=O)N1CC(C)CC(C)C1. The molecule has 1 fully saturated rings. The Kier molecular flexibility index (Phi) is 6.24. The first-order valence-electron chi connectivity index (χ1n) is 10.3. The van der Waals surface area contributed by atoms with Gasteiger partial charge in [0, 0.05) is 30.8 Å². The van der Waals surface area contributed by atoms with E-state index in [-0.39, 0.29) is 39.9 Å². The molecule has 2 atom stereocenters. The number of hydrogen-bond donors (Lipinski definition) is 1. The van der Waals surface area contributed by atoms with E-state index >= 15 is 0 Å². The maximum absolute atomic E-state index is 13.4. The number of carbonyl (C=O) groups excluding carboxylic acids is 1. The van der Waals surface area contributed by atoms with Gasteiger partial charge >= 0.3 is 0 Å². The molecule has 4 rings (SSSR count). The van der Waals surface area contributed by atoms with Gasteiger partial charge in [-0.25, -0.2) is 8.42 Å². The Morgan fingerprint density at radius 3 is 2.44 bits per heavy atom. The second-order valence-electron chi connectivity index (χ2n) is 8.27. The van der Waals surface area contributed by atoms with Crippen molar-refractivity contribution < 1.29 is 27.4 Å². The third-order valence-electron chi connectivity index (χ3n) is 5.59. The topological polar surface area (TPSA) is 94.2 Å². The van der Waals surface area contributed by atoms with Crippen LogP contribution in [0.15, 0.2) is 35.2 Å². The number of carbonyl (C=O) groups is 1. The van der Waals surface area contributed by atoms with E-state index in [0.717, 1.165) is 6.42 Å². The lowest BCUT2D eigenvalue weighted by Gasteiger charge is -2.34. The number of amides is 1. The first-order valence-corrected chi connectivity index (χ1v) is 12.1. The number of methoxy groups -OCH3 is 1. The number of piperidine rings is 1. The summed E-state index contributed by atoms with van der Waals surface area (Å²) >= 11 is 6.25. The van der Waals surface area contributed by atoms with Crippen LogP contribution < -0.4 is 19.5 Å². The highest BCUT2D eigenvalue weighted by atomic mass is 35.5. The summed E-state index contributed by atoms with van der Waals surface area (Å²) in [5.74, 6) is 1.14. The van der Waals surface area contributed by atoms with Gasteiger partial charge in [-0.05, 0) is 36.5 Å². The Labute approximate surface area is 192 Å². The van der Waals surface area contributed by atoms with Gasteiger partial charge in [0.15, 0.2) is 11.5 Å². The van der Waals surface area contributed by atoms with E-state index in [1.165, 1.54) is 29.6 Å². The van der Waals surface area contributed by atoms with Crippen molar-refractivity contribution in [3.05, 3.63) is 40.9 Å². The summed E-state index contributed by atoms with van der Waals surface area (Å²) in [6.45, 7) is 5.01. The van der Waals surface area contributed by atoms with Gasteiger partial charge in [-0.3, -0.25) is 4.79 Å². The molecule has 2 aliphatic rings. The minimum absolute atomic E-state index is 0.0364. The predicted molar refractivity (Wildman–Crippen MR) is 120 cm³/mol. The van der Waals surface area contributed by atoms with Gasteiger partial charge in [-0.2, -0.15) is 4.31 Å². The van der Waals surface area contributed by atoms with Crippen molar-refractivity contribution in [2.24, 2.45) is 11.8 Å². The first kappa shape index (κ1) is 22.7. The van der Waals surface area contributed by atoms with Crippen LogP contribution in [0.3, 0.4) is 0 Å². The summed E-state index contributed by atoms with van der Waals surface area (Å²) in [5.41, 5.74) is 0.496. The number of halogens is 1. The number of nitrogens with zero attached hydrogens (tertiary/aromatic N) is 1. The average molecular weight is 481 g/mol. The summed E-state index contributed by atoms with van der Waals surface area (Å²) in [6.07, 6.45) is 0.974. The van der Waals surface area contributed by atoms with Crippen molar-refractivity contribution >= 4 is 33.2 Å². The summed E-state index contributed by atoms with van der Waals surface area (Å²) in [4.78, 5) is 12.9. The second-order valence-corrected chi connectivity index (χ2v) is 10.6. The van der Waals surface area contributed by atoms with E-state index in [4.69, 9.17) is 25.8 Å². The number of nitrogens with one attached hydrogen (secondary N) is 1. The molecule has 0 spiro atoms. The van der Waals surface area contributed by atoms with Crippen molar-refractivity contribution in [1.82, 2.24) is 4.31 Å². The minimum atomic E-state index is -3.85. The van der Waals surface area contributed by atoms with E-state index in [1.807, 2.05) is 13.8 Å². The smallest absolute Gasteiger partial charge is 0.255 e. The van der Waals surface area contributed by atoms with Crippen LogP contribution in [0.2, 0.25) is 5.02 Å². The van der Waals surface area contributed by atoms with Crippen molar-refractivity contribution in [3.8, 4) is 17.2 Å². The average Bonchev–Trinajstić information content (AvgIpc) is 3.19. The highest BCUT2D eigenvalue weighted by Gasteiger charge is 2.34. The van der Waals surface area contributed by atoms with Crippen LogP contribution in [0, 0.1) is 11.8 Å². The number of benzene rings is 2. The zero-order valence-corrected chi connectivity index (χ0v) is 19.6. The zero-order chi connectivity index (χ0) is 23.0. The molecule has 2 aromatic carbocycles. The van der Waals surface area contributed by atoms with Gasteiger partial charge < -0.3 is 19.5 Å². The molecule has 1 saturated heterocycles. The zero-order valence-electron chi connectivity index (χ0n) is 18.1. The molecule has 0 aromatic heterocycles. The highest BCUT2D eigenvalue weighted by molar-refractivity contribution is 7.89. The standard InChI is InChI=1S/C22H25ClN2O6S/c1-13-6-14(2)11-25(10-13)32(27,28)21-7-15(4-5-18(21)29-3)22(26)24-17-9-20-19(8-16(17)23)30-12-31-20/h4-5,7-9,13-14H,6,10-12H2,1-3H3,(H,24,26). The lowest BCUT2D eigenvalue weighted by atomic mass is 9.94. The largest absolute Gasteiger partial charge is 0.495 e. The van der Waals surface area contributed by atoms with Crippen LogP contribution in [-0.2, 0) is 10.0 Å². The maximum atomic E-state index is 13.4. The molecule has 2 aliphatic heterocycles. The Hall–Kier alpha value is -2.49.